The van der Waals surface area contributed by atoms with E-state index in [0.29, 0.717) is 31.1 Å². The Bertz CT molecular complexity index is 1100. The first-order valence-corrected chi connectivity index (χ1v) is 10.3. The van der Waals surface area contributed by atoms with E-state index in [9.17, 15) is 9.18 Å². The van der Waals surface area contributed by atoms with Crippen LogP contribution in [-0.2, 0) is 4.79 Å². The van der Waals surface area contributed by atoms with Gasteiger partial charge >= 0.3 is 0 Å². The summed E-state index contributed by atoms with van der Waals surface area (Å²) in [6.45, 7) is 2.87. The van der Waals surface area contributed by atoms with E-state index < -0.39 is 5.67 Å². The highest BCUT2D eigenvalue weighted by Gasteiger charge is 2.35. The summed E-state index contributed by atoms with van der Waals surface area (Å²) in [5.74, 6) is 1.24. The molecule has 2 fully saturated rings. The number of rotatable bonds is 6. The number of fused-ring (bicyclic) bond motifs is 1. The van der Waals surface area contributed by atoms with Crippen molar-refractivity contribution >= 4 is 17.2 Å². The lowest BCUT2D eigenvalue weighted by Gasteiger charge is -2.20. The second-order valence-corrected chi connectivity index (χ2v) is 8.27. The summed E-state index contributed by atoms with van der Waals surface area (Å²) < 4.78 is 22.3. The van der Waals surface area contributed by atoms with Crippen LogP contribution >= 0.6 is 0 Å². The monoisotopic (exact) mass is 409 g/mol. The Morgan fingerprint density at radius 1 is 1.40 bits per heavy atom. The van der Waals surface area contributed by atoms with Gasteiger partial charge in [0.2, 0.25) is 5.91 Å². The van der Waals surface area contributed by atoms with Crippen molar-refractivity contribution in [2.75, 3.05) is 25.0 Å². The maximum atomic E-state index is 14.7. The lowest BCUT2D eigenvalue weighted by Crippen LogP contribution is -2.33. The summed E-state index contributed by atoms with van der Waals surface area (Å²) in [5.41, 5.74) is 2.11. The molecule has 156 valence electrons. The van der Waals surface area contributed by atoms with Crippen LogP contribution in [0.2, 0.25) is 0 Å². The van der Waals surface area contributed by atoms with Gasteiger partial charge in [0.15, 0.2) is 11.5 Å². The number of nitrogens with one attached hydrogen (secondary N) is 2. The molecule has 1 aliphatic heterocycles. The largest absolute Gasteiger partial charge is 0.488 e. The van der Waals surface area contributed by atoms with Crippen LogP contribution in [0.3, 0.4) is 0 Å². The number of aryl methyl sites for hydroxylation is 1. The maximum absolute atomic E-state index is 14.7. The van der Waals surface area contributed by atoms with Gasteiger partial charge in [-0.05, 0) is 56.5 Å². The van der Waals surface area contributed by atoms with Crippen molar-refractivity contribution in [3.63, 3.8) is 0 Å². The first-order chi connectivity index (χ1) is 14.5. The summed E-state index contributed by atoms with van der Waals surface area (Å²) in [5, 5.41) is 10.3. The van der Waals surface area contributed by atoms with Gasteiger partial charge in [0.05, 0.1) is 11.7 Å². The first-order valence-electron chi connectivity index (χ1n) is 10.3. The molecule has 5 rings (SSSR count). The van der Waals surface area contributed by atoms with Gasteiger partial charge in [0, 0.05) is 36.0 Å². The van der Waals surface area contributed by atoms with Gasteiger partial charge < -0.3 is 15.4 Å². The number of hydrogen-bond acceptors (Lipinski definition) is 5. The zero-order valence-electron chi connectivity index (χ0n) is 16.8. The van der Waals surface area contributed by atoms with Crippen LogP contribution in [0, 0.1) is 12.8 Å². The van der Waals surface area contributed by atoms with Crippen LogP contribution in [0.4, 0.5) is 10.2 Å². The van der Waals surface area contributed by atoms with E-state index in [1.807, 2.05) is 37.4 Å². The van der Waals surface area contributed by atoms with E-state index in [-0.39, 0.29) is 18.4 Å². The molecule has 30 heavy (non-hydrogen) atoms. The van der Waals surface area contributed by atoms with E-state index in [1.165, 1.54) is 0 Å². The zero-order valence-corrected chi connectivity index (χ0v) is 16.8. The Morgan fingerprint density at radius 2 is 2.27 bits per heavy atom. The molecule has 0 spiro atoms. The number of halogens is 1. The lowest BCUT2D eigenvalue weighted by atomic mass is 10.1. The topological polar surface area (TPSA) is 80.5 Å². The smallest absolute Gasteiger partial charge is 0.228 e. The molecule has 1 amide bonds. The standard InChI is InChI=1S/C22H24FN5O2/c1-14-8-18(19(11-25-14)30-13-22(23)5-6-24-12-22)16-4-7-28-17(9-16)10-20(27-28)26-21(29)15-2-3-15/h4,7-11,15,24H,2-3,5-6,12-13H2,1H3,(H,26,27,29). The third-order valence-electron chi connectivity index (χ3n) is 5.66. The number of hydrogen-bond donors (Lipinski definition) is 2. The van der Waals surface area contributed by atoms with Crippen molar-refractivity contribution in [2.45, 2.75) is 31.9 Å². The lowest BCUT2D eigenvalue weighted by molar-refractivity contribution is -0.117. The molecule has 1 aliphatic carbocycles. The Hall–Kier alpha value is -3.00. The minimum Gasteiger partial charge on any atom is -0.488 e. The molecule has 3 aromatic rings. The van der Waals surface area contributed by atoms with Crippen molar-refractivity contribution in [2.24, 2.45) is 5.92 Å². The summed E-state index contributed by atoms with van der Waals surface area (Å²) in [4.78, 5) is 16.3. The summed E-state index contributed by atoms with van der Waals surface area (Å²) in [6.07, 6.45) is 5.83. The molecule has 4 heterocycles. The Labute approximate surface area is 173 Å². The minimum absolute atomic E-state index is 0.00991. The number of ether oxygens (including phenoxy) is 1. The molecule has 0 aromatic carbocycles. The Kier molecular flexibility index (Phi) is 4.66. The summed E-state index contributed by atoms with van der Waals surface area (Å²) in [7, 11) is 0. The predicted octanol–water partition coefficient (Wildman–Crippen LogP) is 3.13. The second kappa shape index (κ2) is 7.36. The van der Waals surface area contributed by atoms with Gasteiger partial charge in [-0.3, -0.25) is 9.78 Å². The van der Waals surface area contributed by atoms with E-state index >= 15 is 0 Å². The molecule has 3 aromatic heterocycles. The Morgan fingerprint density at radius 3 is 3.03 bits per heavy atom. The number of carbonyl (C=O) groups excluding carboxylic acids is 1. The van der Waals surface area contributed by atoms with Crippen molar-refractivity contribution in [3.8, 4) is 16.9 Å². The van der Waals surface area contributed by atoms with Crippen LogP contribution in [0.1, 0.15) is 25.0 Å². The van der Waals surface area contributed by atoms with Crippen LogP contribution in [0.15, 0.2) is 36.7 Å². The third-order valence-corrected chi connectivity index (χ3v) is 5.66. The van der Waals surface area contributed by atoms with E-state index in [1.54, 1.807) is 10.7 Å². The third kappa shape index (κ3) is 3.87. The zero-order chi connectivity index (χ0) is 20.7. The van der Waals surface area contributed by atoms with Gasteiger partial charge in [0.1, 0.15) is 12.4 Å². The van der Waals surface area contributed by atoms with Gasteiger partial charge in [-0.25, -0.2) is 8.91 Å². The fraction of sp³-hybridized carbons (Fsp3) is 0.409. The number of nitrogens with zero attached hydrogens (tertiary/aromatic N) is 3. The fourth-order valence-electron chi connectivity index (χ4n) is 3.73. The van der Waals surface area contributed by atoms with Gasteiger partial charge in [-0.2, -0.15) is 5.10 Å². The number of aromatic nitrogens is 3. The van der Waals surface area contributed by atoms with E-state index in [0.717, 1.165) is 35.2 Å². The van der Waals surface area contributed by atoms with Gasteiger partial charge in [-0.15, -0.1) is 0 Å². The van der Waals surface area contributed by atoms with Crippen LogP contribution in [0.5, 0.6) is 5.75 Å². The summed E-state index contributed by atoms with van der Waals surface area (Å²) >= 11 is 0. The van der Waals surface area contributed by atoms with Gasteiger partial charge in [-0.1, -0.05) is 0 Å². The minimum atomic E-state index is -1.35. The van der Waals surface area contributed by atoms with Crippen LogP contribution < -0.4 is 15.4 Å². The average Bonchev–Trinajstić information content (AvgIpc) is 3.38. The van der Waals surface area contributed by atoms with E-state index in [4.69, 9.17) is 4.74 Å². The number of anilines is 1. The molecule has 1 saturated heterocycles. The molecular weight excluding hydrogens is 385 g/mol. The molecule has 1 unspecified atom stereocenters. The number of pyridine rings is 2. The van der Waals surface area contributed by atoms with Crippen molar-refractivity contribution < 1.29 is 13.9 Å². The molecule has 0 radical (unpaired) electrons. The highest BCUT2D eigenvalue weighted by atomic mass is 19.1. The fourth-order valence-corrected chi connectivity index (χ4v) is 3.73. The van der Waals surface area contributed by atoms with E-state index in [2.05, 4.69) is 20.7 Å². The highest BCUT2D eigenvalue weighted by Crippen LogP contribution is 2.33. The first kappa shape index (κ1) is 19.0. The maximum Gasteiger partial charge on any atom is 0.228 e. The number of amides is 1. The molecular formula is C22H24FN5O2. The summed E-state index contributed by atoms with van der Waals surface area (Å²) in [6, 6.07) is 7.68. The molecule has 2 aliphatic rings. The van der Waals surface area contributed by atoms with Crippen LogP contribution in [-0.4, -0.2) is 45.9 Å². The second-order valence-electron chi connectivity index (χ2n) is 8.27. The van der Waals surface area contributed by atoms with Crippen molar-refractivity contribution in [3.05, 3.63) is 42.4 Å². The molecule has 7 nitrogen and oxygen atoms in total. The highest BCUT2D eigenvalue weighted by molar-refractivity contribution is 5.93. The molecule has 1 saturated carbocycles. The SMILES string of the molecule is Cc1cc(-c2ccn3nc(NC(=O)C4CC4)cc3c2)c(OCC2(F)CCNC2)cn1. The van der Waals surface area contributed by atoms with Crippen molar-refractivity contribution in [1.29, 1.82) is 0 Å². The quantitative estimate of drug-likeness (QED) is 0.654. The number of alkyl halides is 1. The molecule has 1 atom stereocenters. The molecule has 2 N–H and O–H groups in total. The van der Waals surface area contributed by atoms with Crippen LogP contribution in [0.25, 0.3) is 16.6 Å². The van der Waals surface area contributed by atoms with Crippen molar-refractivity contribution in [1.82, 2.24) is 19.9 Å². The molecule has 0 bridgehead atoms. The average molecular weight is 409 g/mol. The molecule has 8 heteroatoms. The predicted molar refractivity (Wildman–Crippen MR) is 111 cm³/mol. The normalized spacial score (nSPS) is 21.1. The Balaban J connectivity index is 1.42. The number of carbonyl (C=O) groups is 1. The van der Waals surface area contributed by atoms with Gasteiger partial charge in [0.25, 0.3) is 0 Å².